The van der Waals surface area contributed by atoms with E-state index in [0.717, 1.165) is 49.1 Å². The number of hydrogen-bond acceptors (Lipinski definition) is 3. The molecule has 0 bridgehead atoms. The molecule has 26 heavy (non-hydrogen) atoms. The molecule has 0 radical (unpaired) electrons. The lowest BCUT2D eigenvalue weighted by Crippen LogP contribution is -2.40. The minimum atomic E-state index is 0.0135. The molecule has 2 aromatic heterocycles. The van der Waals surface area contributed by atoms with Gasteiger partial charge in [0.25, 0.3) is 5.91 Å². The van der Waals surface area contributed by atoms with Crippen molar-refractivity contribution in [1.82, 2.24) is 20.2 Å². The number of carbonyl (C=O) groups excluding carboxylic acids is 1. The van der Waals surface area contributed by atoms with Gasteiger partial charge in [-0.05, 0) is 55.1 Å². The second-order valence-electron chi connectivity index (χ2n) is 7.06. The van der Waals surface area contributed by atoms with Crippen molar-refractivity contribution in [2.75, 3.05) is 19.6 Å². The number of pyridine rings is 1. The predicted molar refractivity (Wildman–Crippen MR) is 103 cm³/mol. The molecule has 0 spiro atoms. The molecule has 1 atom stereocenters. The van der Waals surface area contributed by atoms with E-state index in [9.17, 15) is 4.79 Å². The molecular formula is C21H24N4O. The molecule has 5 heteroatoms. The van der Waals surface area contributed by atoms with E-state index in [1.807, 2.05) is 48.9 Å². The van der Waals surface area contributed by atoms with Crippen LogP contribution in [0.4, 0.5) is 0 Å². The van der Waals surface area contributed by atoms with Gasteiger partial charge >= 0.3 is 0 Å². The molecule has 1 aliphatic heterocycles. The Kier molecular flexibility index (Phi) is 4.97. The lowest BCUT2D eigenvalue weighted by Gasteiger charge is -2.32. The first-order valence-corrected chi connectivity index (χ1v) is 9.25. The summed E-state index contributed by atoms with van der Waals surface area (Å²) in [6, 6.07) is 11.9. The standard InChI is InChI=1S/C21H24N4O/c26-21(19-6-1-7-20-18(19)8-10-23-20)24-13-17-5-3-11-25(15-17)14-16-4-2-9-22-12-16/h1-2,4,6-10,12,17,23H,3,5,11,13-15H2,(H,24,26)/t17-/m1/s1. The van der Waals surface area contributed by atoms with E-state index in [4.69, 9.17) is 0 Å². The van der Waals surface area contributed by atoms with E-state index in [2.05, 4.69) is 26.3 Å². The highest BCUT2D eigenvalue weighted by molar-refractivity contribution is 6.06. The Morgan fingerprint density at radius 3 is 3.12 bits per heavy atom. The number of hydrogen-bond donors (Lipinski definition) is 2. The summed E-state index contributed by atoms with van der Waals surface area (Å²) in [5, 5.41) is 4.12. The summed E-state index contributed by atoms with van der Waals surface area (Å²) in [5.41, 5.74) is 2.99. The average Bonchev–Trinajstić information content (AvgIpc) is 3.16. The summed E-state index contributed by atoms with van der Waals surface area (Å²) in [4.78, 5) is 22.4. The summed E-state index contributed by atoms with van der Waals surface area (Å²) in [6.07, 6.45) is 7.96. The maximum atomic E-state index is 12.6. The lowest BCUT2D eigenvalue weighted by atomic mass is 9.97. The fraction of sp³-hybridized carbons (Fsp3) is 0.333. The molecule has 0 aliphatic carbocycles. The Balaban J connectivity index is 1.34. The average molecular weight is 348 g/mol. The number of carbonyl (C=O) groups is 1. The maximum Gasteiger partial charge on any atom is 0.251 e. The van der Waals surface area contributed by atoms with Gasteiger partial charge in [-0.15, -0.1) is 0 Å². The number of aromatic nitrogens is 2. The van der Waals surface area contributed by atoms with Gasteiger partial charge in [0.15, 0.2) is 0 Å². The number of benzene rings is 1. The third-order valence-corrected chi connectivity index (χ3v) is 5.12. The number of nitrogens with zero attached hydrogens (tertiary/aromatic N) is 2. The molecule has 2 N–H and O–H groups in total. The number of amides is 1. The zero-order valence-electron chi connectivity index (χ0n) is 14.8. The van der Waals surface area contributed by atoms with Crippen LogP contribution in [0.15, 0.2) is 55.0 Å². The van der Waals surface area contributed by atoms with Crippen molar-refractivity contribution < 1.29 is 4.79 Å². The molecule has 4 rings (SSSR count). The Hall–Kier alpha value is -2.66. The van der Waals surface area contributed by atoms with Crippen molar-refractivity contribution >= 4 is 16.8 Å². The van der Waals surface area contributed by atoms with Gasteiger partial charge < -0.3 is 10.3 Å². The van der Waals surface area contributed by atoms with Crippen LogP contribution in [0.2, 0.25) is 0 Å². The van der Waals surface area contributed by atoms with Gasteiger partial charge in [-0.1, -0.05) is 12.1 Å². The van der Waals surface area contributed by atoms with E-state index in [1.165, 1.54) is 12.0 Å². The second kappa shape index (κ2) is 7.70. The normalized spacial score (nSPS) is 18.1. The Morgan fingerprint density at radius 2 is 2.23 bits per heavy atom. The van der Waals surface area contributed by atoms with Crippen molar-refractivity contribution in [3.05, 3.63) is 66.1 Å². The highest BCUT2D eigenvalue weighted by Gasteiger charge is 2.21. The number of piperidine rings is 1. The molecule has 5 nitrogen and oxygen atoms in total. The molecule has 1 amide bonds. The fourth-order valence-corrected chi connectivity index (χ4v) is 3.83. The molecule has 3 heterocycles. The molecule has 1 aromatic carbocycles. The number of rotatable bonds is 5. The van der Waals surface area contributed by atoms with Crippen molar-refractivity contribution in [3.63, 3.8) is 0 Å². The smallest absolute Gasteiger partial charge is 0.251 e. The summed E-state index contributed by atoms with van der Waals surface area (Å²) >= 11 is 0. The highest BCUT2D eigenvalue weighted by atomic mass is 16.1. The number of H-pyrrole nitrogens is 1. The van der Waals surface area contributed by atoms with Crippen molar-refractivity contribution in [3.8, 4) is 0 Å². The number of aromatic amines is 1. The number of likely N-dealkylation sites (tertiary alicyclic amines) is 1. The van der Waals surface area contributed by atoms with Gasteiger partial charge in [-0.2, -0.15) is 0 Å². The third kappa shape index (κ3) is 3.78. The van der Waals surface area contributed by atoms with Crippen LogP contribution in [0, 0.1) is 5.92 Å². The van der Waals surface area contributed by atoms with Gasteiger partial charge in [-0.3, -0.25) is 14.7 Å². The molecule has 1 saturated heterocycles. The topological polar surface area (TPSA) is 61.0 Å². The Bertz CT molecular complexity index is 874. The van der Waals surface area contributed by atoms with Crippen LogP contribution in [0.5, 0.6) is 0 Å². The first-order chi connectivity index (χ1) is 12.8. The van der Waals surface area contributed by atoms with Crippen molar-refractivity contribution in [2.45, 2.75) is 19.4 Å². The van der Waals surface area contributed by atoms with Crippen LogP contribution < -0.4 is 5.32 Å². The van der Waals surface area contributed by atoms with Gasteiger partial charge in [0.2, 0.25) is 0 Å². The van der Waals surface area contributed by atoms with Crippen LogP contribution in [0.1, 0.15) is 28.8 Å². The molecule has 0 saturated carbocycles. The zero-order valence-corrected chi connectivity index (χ0v) is 14.8. The fourth-order valence-electron chi connectivity index (χ4n) is 3.83. The van der Waals surface area contributed by atoms with Crippen LogP contribution in [-0.2, 0) is 6.54 Å². The summed E-state index contributed by atoms with van der Waals surface area (Å²) in [6.45, 7) is 3.79. The van der Waals surface area contributed by atoms with Gasteiger partial charge in [-0.25, -0.2) is 0 Å². The van der Waals surface area contributed by atoms with Crippen LogP contribution >= 0.6 is 0 Å². The highest BCUT2D eigenvalue weighted by Crippen LogP contribution is 2.19. The van der Waals surface area contributed by atoms with E-state index in [0.29, 0.717) is 5.92 Å². The van der Waals surface area contributed by atoms with E-state index in [1.54, 1.807) is 0 Å². The van der Waals surface area contributed by atoms with Crippen molar-refractivity contribution in [2.24, 2.45) is 5.92 Å². The zero-order chi connectivity index (χ0) is 17.8. The first kappa shape index (κ1) is 16.8. The van der Waals surface area contributed by atoms with Gasteiger partial charge in [0.1, 0.15) is 0 Å². The van der Waals surface area contributed by atoms with E-state index < -0.39 is 0 Å². The minimum Gasteiger partial charge on any atom is -0.361 e. The Morgan fingerprint density at radius 1 is 1.27 bits per heavy atom. The first-order valence-electron chi connectivity index (χ1n) is 9.25. The summed E-state index contributed by atoms with van der Waals surface area (Å²) in [5.74, 6) is 0.509. The summed E-state index contributed by atoms with van der Waals surface area (Å²) in [7, 11) is 0. The van der Waals surface area contributed by atoms with Gasteiger partial charge in [0, 0.05) is 54.7 Å². The molecule has 134 valence electrons. The molecule has 1 fully saturated rings. The number of fused-ring (bicyclic) bond motifs is 1. The van der Waals surface area contributed by atoms with Crippen LogP contribution in [0.3, 0.4) is 0 Å². The largest absolute Gasteiger partial charge is 0.361 e. The monoisotopic (exact) mass is 348 g/mol. The maximum absolute atomic E-state index is 12.6. The molecule has 1 aliphatic rings. The van der Waals surface area contributed by atoms with Crippen LogP contribution in [0.25, 0.3) is 10.9 Å². The quantitative estimate of drug-likeness (QED) is 0.744. The second-order valence-corrected chi connectivity index (χ2v) is 7.06. The SMILES string of the molecule is O=C(NC[C@H]1CCCN(Cc2cccnc2)C1)c1cccc2[nH]ccc12. The van der Waals surface area contributed by atoms with E-state index in [-0.39, 0.29) is 5.91 Å². The predicted octanol–water partition coefficient (Wildman–Crippen LogP) is 3.20. The molecule has 3 aromatic rings. The minimum absolute atomic E-state index is 0.0135. The van der Waals surface area contributed by atoms with Crippen LogP contribution in [-0.4, -0.2) is 40.4 Å². The van der Waals surface area contributed by atoms with Gasteiger partial charge in [0.05, 0.1) is 0 Å². The lowest BCUT2D eigenvalue weighted by molar-refractivity contribution is 0.0932. The van der Waals surface area contributed by atoms with E-state index >= 15 is 0 Å². The van der Waals surface area contributed by atoms with Crippen molar-refractivity contribution in [1.29, 1.82) is 0 Å². The Labute approximate surface area is 153 Å². The third-order valence-electron chi connectivity index (χ3n) is 5.12. The summed E-state index contributed by atoms with van der Waals surface area (Å²) < 4.78 is 0. The molecule has 0 unspecified atom stereocenters. The number of nitrogens with one attached hydrogen (secondary N) is 2. The molecular weight excluding hydrogens is 324 g/mol.